The number of nitrogens with one attached hydrogen (secondary N) is 1. The van der Waals surface area contributed by atoms with Gasteiger partial charge in [-0.3, -0.25) is 4.79 Å². The van der Waals surface area contributed by atoms with Gasteiger partial charge in [-0.25, -0.2) is 4.79 Å². The summed E-state index contributed by atoms with van der Waals surface area (Å²) in [6.45, 7) is 7.41. The first-order chi connectivity index (χ1) is 13.3. The highest BCUT2D eigenvalue weighted by Crippen LogP contribution is 2.24. The van der Waals surface area contributed by atoms with Crippen molar-refractivity contribution < 1.29 is 23.8 Å². The number of carbonyl (C=O) groups excluding carboxylic acids is 2. The number of amides is 1. The predicted molar refractivity (Wildman–Crippen MR) is 107 cm³/mol. The smallest absolute Gasteiger partial charge is 0.344 e. The van der Waals surface area contributed by atoms with Gasteiger partial charge in [0.1, 0.15) is 11.5 Å². The minimum Gasteiger partial charge on any atom is -0.496 e. The van der Waals surface area contributed by atoms with Gasteiger partial charge in [-0.15, -0.1) is 0 Å². The monoisotopic (exact) mass is 385 g/mol. The van der Waals surface area contributed by atoms with Crippen LogP contribution in [0.3, 0.4) is 0 Å². The van der Waals surface area contributed by atoms with Crippen molar-refractivity contribution in [1.29, 1.82) is 0 Å². The van der Waals surface area contributed by atoms with E-state index in [4.69, 9.17) is 14.2 Å². The Morgan fingerprint density at radius 3 is 2.36 bits per heavy atom. The zero-order valence-electron chi connectivity index (χ0n) is 17.0. The number of carbonyl (C=O) groups is 2. The molecule has 28 heavy (non-hydrogen) atoms. The van der Waals surface area contributed by atoms with E-state index in [2.05, 4.69) is 5.32 Å². The average molecular weight is 385 g/mol. The van der Waals surface area contributed by atoms with Crippen LogP contribution < -0.4 is 14.8 Å². The van der Waals surface area contributed by atoms with E-state index in [0.29, 0.717) is 11.5 Å². The maximum absolute atomic E-state index is 12.2. The first-order valence-electron chi connectivity index (χ1n) is 9.11. The average Bonchev–Trinajstić information content (AvgIpc) is 2.65. The molecular weight excluding hydrogens is 358 g/mol. The van der Waals surface area contributed by atoms with Crippen LogP contribution in [-0.4, -0.2) is 31.7 Å². The van der Waals surface area contributed by atoms with Gasteiger partial charge in [0.25, 0.3) is 5.91 Å². The zero-order chi connectivity index (χ0) is 20.7. The SMILES string of the molecule is COc1ccccc1CNC(=O)[C@@H](C)OC(=O)COc1c(C)cc(C)cc1C. The van der Waals surface area contributed by atoms with Crippen molar-refractivity contribution in [3.63, 3.8) is 0 Å². The molecule has 2 aromatic rings. The van der Waals surface area contributed by atoms with Crippen molar-refractivity contribution in [1.82, 2.24) is 5.32 Å². The molecule has 0 aliphatic rings. The Hall–Kier alpha value is -3.02. The summed E-state index contributed by atoms with van der Waals surface area (Å²) in [4.78, 5) is 24.2. The lowest BCUT2D eigenvalue weighted by atomic mass is 10.1. The number of esters is 1. The van der Waals surface area contributed by atoms with Crippen molar-refractivity contribution >= 4 is 11.9 Å². The van der Waals surface area contributed by atoms with E-state index in [1.54, 1.807) is 7.11 Å². The van der Waals surface area contributed by atoms with Gasteiger partial charge < -0.3 is 19.5 Å². The molecule has 2 aromatic carbocycles. The summed E-state index contributed by atoms with van der Waals surface area (Å²) in [5.74, 6) is 0.363. The summed E-state index contributed by atoms with van der Waals surface area (Å²) in [6.07, 6.45) is -0.925. The lowest BCUT2D eigenvalue weighted by molar-refractivity contribution is -0.156. The number of hydrogen-bond acceptors (Lipinski definition) is 5. The largest absolute Gasteiger partial charge is 0.496 e. The van der Waals surface area contributed by atoms with Crippen LogP contribution in [0.5, 0.6) is 11.5 Å². The molecule has 0 aliphatic carbocycles. The first-order valence-corrected chi connectivity index (χ1v) is 9.11. The zero-order valence-corrected chi connectivity index (χ0v) is 17.0. The molecule has 1 atom stereocenters. The van der Waals surface area contributed by atoms with Gasteiger partial charge in [0.2, 0.25) is 0 Å². The van der Waals surface area contributed by atoms with Gasteiger partial charge >= 0.3 is 5.97 Å². The van der Waals surface area contributed by atoms with Gasteiger partial charge in [-0.1, -0.05) is 35.9 Å². The summed E-state index contributed by atoms with van der Waals surface area (Å²) >= 11 is 0. The number of rotatable bonds is 8. The molecule has 0 unspecified atom stereocenters. The molecule has 0 spiro atoms. The van der Waals surface area contributed by atoms with E-state index in [9.17, 15) is 9.59 Å². The third-order valence-electron chi connectivity index (χ3n) is 4.26. The molecule has 0 fully saturated rings. The van der Waals surface area contributed by atoms with Crippen molar-refractivity contribution in [3.05, 3.63) is 58.7 Å². The van der Waals surface area contributed by atoms with E-state index in [1.807, 2.05) is 57.2 Å². The maximum atomic E-state index is 12.2. The van der Waals surface area contributed by atoms with E-state index < -0.39 is 12.1 Å². The van der Waals surface area contributed by atoms with Crippen LogP contribution >= 0.6 is 0 Å². The Bertz CT molecular complexity index is 824. The molecule has 150 valence electrons. The second-order valence-corrected chi connectivity index (χ2v) is 6.68. The summed E-state index contributed by atoms with van der Waals surface area (Å²) in [5, 5.41) is 2.74. The van der Waals surface area contributed by atoms with Crippen LogP contribution in [0.2, 0.25) is 0 Å². The minimum atomic E-state index is -0.925. The van der Waals surface area contributed by atoms with Crippen LogP contribution in [0.25, 0.3) is 0 Å². The Morgan fingerprint density at radius 1 is 1.07 bits per heavy atom. The quantitative estimate of drug-likeness (QED) is 0.706. The predicted octanol–water partition coefficient (Wildman–Crippen LogP) is 3.25. The minimum absolute atomic E-state index is 0.255. The number of ether oxygens (including phenoxy) is 3. The lowest BCUT2D eigenvalue weighted by Gasteiger charge is -2.16. The normalized spacial score (nSPS) is 11.5. The number of para-hydroxylation sites is 1. The van der Waals surface area contributed by atoms with Gasteiger partial charge in [-0.2, -0.15) is 0 Å². The molecule has 1 N–H and O–H groups in total. The molecule has 1 amide bonds. The molecule has 0 radical (unpaired) electrons. The Balaban J connectivity index is 1.84. The van der Waals surface area contributed by atoms with Crippen molar-refractivity contribution in [2.75, 3.05) is 13.7 Å². The number of hydrogen-bond donors (Lipinski definition) is 1. The molecule has 6 heteroatoms. The Kier molecular flexibility index (Phi) is 7.44. The third-order valence-corrected chi connectivity index (χ3v) is 4.26. The molecule has 0 saturated carbocycles. The molecule has 0 saturated heterocycles. The Morgan fingerprint density at radius 2 is 1.71 bits per heavy atom. The standard InChI is InChI=1S/C22H27NO5/c1-14-10-15(2)21(16(3)11-14)27-13-20(24)28-17(4)22(25)23-12-18-8-6-7-9-19(18)26-5/h6-11,17H,12-13H2,1-5H3,(H,23,25)/t17-/m1/s1. The summed E-state index contributed by atoms with van der Waals surface area (Å²) in [7, 11) is 1.57. The number of benzene rings is 2. The first kappa shape index (κ1) is 21.3. The molecule has 0 bridgehead atoms. The second-order valence-electron chi connectivity index (χ2n) is 6.68. The summed E-state index contributed by atoms with van der Waals surface area (Å²) in [6, 6.07) is 11.4. The van der Waals surface area contributed by atoms with E-state index >= 15 is 0 Å². The molecule has 0 heterocycles. The van der Waals surface area contributed by atoms with Crippen LogP contribution in [0.4, 0.5) is 0 Å². The summed E-state index contributed by atoms with van der Waals surface area (Å²) in [5.41, 5.74) is 3.87. The van der Waals surface area contributed by atoms with Crippen molar-refractivity contribution in [3.8, 4) is 11.5 Å². The fourth-order valence-electron chi connectivity index (χ4n) is 2.99. The highest BCUT2D eigenvalue weighted by Gasteiger charge is 2.19. The van der Waals surface area contributed by atoms with Crippen LogP contribution in [0.1, 0.15) is 29.2 Å². The fraction of sp³-hybridized carbons (Fsp3) is 0.364. The molecule has 2 rings (SSSR count). The van der Waals surface area contributed by atoms with E-state index in [-0.39, 0.29) is 19.1 Å². The van der Waals surface area contributed by atoms with Crippen LogP contribution in [0.15, 0.2) is 36.4 Å². The van der Waals surface area contributed by atoms with Crippen LogP contribution in [0, 0.1) is 20.8 Å². The second kappa shape index (κ2) is 9.78. The molecule has 0 aromatic heterocycles. The molecule has 6 nitrogen and oxygen atoms in total. The highest BCUT2D eigenvalue weighted by atomic mass is 16.6. The Labute approximate surface area is 165 Å². The van der Waals surface area contributed by atoms with E-state index in [0.717, 1.165) is 22.3 Å². The fourth-order valence-corrected chi connectivity index (χ4v) is 2.99. The molecule has 0 aliphatic heterocycles. The van der Waals surface area contributed by atoms with Gasteiger partial charge in [0, 0.05) is 12.1 Å². The number of methoxy groups -OCH3 is 1. The van der Waals surface area contributed by atoms with Gasteiger partial charge in [-0.05, 0) is 44.9 Å². The van der Waals surface area contributed by atoms with Crippen LogP contribution in [-0.2, 0) is 20.9 Å². The van der Waals surface area contributed by atoms with Crippen molar-refractivity contribution in [2.45, 2.75) is 40.3 Å². The third kappa shape index (κ3) is 5.74. The van der Waals surface area contributed by atoms with Crippen molar-refractivity contribution in [2.24, 2.45) is 0 Å². The molecular formula is C22H27NO5. The van der Waals surface area contributed by atoms with Gasteiger partial charge in [0.15, 0.2) is 12.7 Å². The van der Waals surface area contributed by atoms with Gasteiger partial charge in [0.05, 0.1) is 7.11 Å². The lowest BCUT2D eigenvalue weighted by Crippen LogP contribution is -2.36. The topological polar surface area (TPSA) is 73.9 Å². The maximum Gasteiger partial charge on any atom is 0.344 e. The highest BCUT2D eigenvalue weighted by molar-refractivity contribution is 5.83. The number of aryl methyl sites for hydroxylation is 3. The summed E-state index contributed by atoms with van der Waals surface area (Å²) < 4.78 is 16.0. The van der Waals surface area contributed by atoms with E-state index in [1.165, 1.54) is 6.92 Å².